The summed E-state index contributed by atoms with van der Waals surface area (Å²) in [6.07, 6.45) is 0.603. The second-order valence-electron chi connectivity index (χ2n) is 4.10. The summed E-state index contributed by atoms with van der Waals surface area (Å²) < 4.78 is 37.9. The van der Waals surface area contributed by atoms with Gasteiger partial charge in [0.25, 0.3) is 0 Å². The van der Waals surface area contributed by atoms with Crippen molar-refractivity contribution in [2.45, 2.75) is 24.3 Å². The molecule has 0 aliphatic rings. The van der Waals surface area contributed by atoms with Gasteiger partial charge in [-0.15, -0.1) is 0 Å². The van der Waals surface area contributed by atoms with E-state index in [9.17, 15) is 8.42 Å². The van der Waals surface area contributed by atoms with Gasteiger partial charge in [-0.3, -0.25) is 0 Å². The van der Waals surface area contributed by atoms with Crippen LogP contribution in [0.4, 0.5) is 0 Å². The molecule has 0 heterocycles. The van der Waals surface area contributed by atoms with E-state index in [1.807, 2.05) is 0 Å². The molecule has 1 N–H and O–H groups in total. The molecule has 0 saturated carbocycles. The van der Waals surface area contributed by atoms with E-state index in [1.54, 1.807) is 26.2 Å². The van der Waals surface area contributed by atoms with Crippen molar-refractivity contribution in [3.63, 3.8) is 0 Å². The average molecular weight is 352 g/mol. The van der Waals surface area contributed by atoms with Gasteiger partial charge in [0.1, 0.15) is 10.6 Å². The first-order valence-electron chi connectivity index (χ1n) is 5.75. The molecule has 5 nitrogen and oxygen atoms in total. The average Bonchev–Trinajstić information content (AvgIpc) is 2.35. The molecule has 0 aliphatic heterocycles. The number of hydrogen-bond donors (Lipinski definition) is 1. The first kappa shape index (κ1) is 16.4. The highest BCUT2D eigenvalue weighted by Crippen LogP contribution is 2.27. The Kier molecular flexibility index (Phi) is 6.25. The van der Waals surface area contributed by atoms with Gasteiger partial charge in [-0.2, -0.15) is 0 Å². The molecule has 1 aromatic rings. The minimum absolute atomic E-state index is 0.119. The van der Waals surface area contributed by atoms with Crippen LogP contribution >= 0.6 is 15.9 Å². The van der Waals surface area contributed by atoms with Crippen LogP contribution in [0.5, 0.6) is 5.75 Å². The lowest BCUT2D eigenvalue weighted by Crippen LogP contribution is -2.33. The highest BCUT2D eigenvalue weighted by Gasteiger charge is 2.21. The van der Waals surface area contributed by atoms with Gasteiger partial charge in [0.2, 0.25) is 10.0 Å². The molecule has 0 aromatic heterocycles. The SMILES string of the molecule is COCCC(C)NS(=O)(=O)c1cc(Br)ccc1OC. The van der Waals surface area contributed by atoms with Gasteiger partial charge in [0.05, 0.1) is 7.11 Å². The number of benzene rings is 1. The van der Waals surface area contributed by atoms with Crippen molar-refractivity contribution in [2.24, 2.45) is 0 Å². The summed E-state index contributed by atoms with van der Waals surface area (Å²) in [6.45, 7) is 2.29. The van der Waals surface area contributed by atoms with Crippen molar-refractivity contribution in [1.82, 2.24) is 4.72 Å². The van der Waals surface area contributed by atoms with Gasteiger partial charge >= 0.3 is 0 Å². The van der Waals surface area contributed by atoms with E-state index in [-0.39, 0.29) is 10.9 Å². The lowest BCUT2D eigenvalue weighted by molar-refractivity contribution is 0.188. The molecule has 0 bridgehead atoms. The van der Waals surface area contributed by atoms with E-state index in [4.69, 9.17) is 9.47 Å². The smallest absolute Gasteiger partial charge is 0.244 e. The standard InChI is InChI=1S/C12H18BrNO4S/c1-9(6-7-17-2)14-19(15,16)12-8-10(13)4-5-11(12)18-3/h4-5,8-9,14H,6-7H2,1-3H3. The van der Waals surface area contributed by atoms with Crippen LogP contribution in [0.1, 0.15) is 13.3 Å². The number of halogens is 1. The van der Waals surface area contributed by atoms with Crippen LogP contribution in [0.25, 0.3) is 0 Å². The quantitative estimate of drug-likeness (QED) is 0.817. The Morgan fingerprint density at radius 3 is 2.63 bits per heavy atom. The molecule has 108 valence electrons. The second kappa shape index (κ2) is 7.23. The summed E-state index contributed by atoms with van der Waals surface area (Å²) in [5.74, 6) is 0.314. The van der Waals surface area contributed by atoms with E-state index in [2.05, 4.69) is 20.7 Å². The van der Waals surface area contributed by atoms with Crippen LogP contribution < -0.4 is 9.46 Å². The van der Waals surface area contributed by atoms with Crippen LogP contribution in [0, 0.1) is 0 Å². The third-order valence-electron chi connectivity index (χ3n) is 2.53. The van der Waals surface area contributed by atoms with Crippen molar-refractivity contribution in [3.05, 3.63) is 22.7 Å². The molecule has 0 radical (unpaired) electrons. The van der Waals surface area contributed by atoms with Gasteiger partial charge < -0.3 is 9.47 Å². The monoisotopic (exact) mass is 351 g/mol. The number of methoxy groups -OCH3 is 2. The molecule has 0 saturated heterocycles. The molecule has 1 atom stereocenters. The Bertz CT molecular complexity index is 518. The normalized spacial score (nSPS) is 13.3. The van der Waals surface area contributed by atoms with Crippen molar-refractivity contribution < 1.29 is 17.9 Å². The number of hydrogen-bond acceptors (Lipinski definition) is 4. The zero-order valence-electron chi connectivity index (χ0n) is 11.1. The fourth-order valence-electron chi connectivity index (χ4n) is 1.54. The molecule has 19 heavy (non-hydrogen) atoms. The molecule has 0 spiro atoms. The Labute approximate surface area is 122 Å². The Balaban J connectivity index is 2.96. The maximum Gasteiger partial charge on any atom is 0.244 e. The molecular weight excluding hydrogens is 334 g/mol. The maximum atomic E-state index is 12.3. The number of nitrogens with one attached hydrogen (secondary N) is 1. The summed E-state index contributed by atoms with van der Waals surface area (Å²) >= 11 is 3.26. The summed E-state index contributed by atoms with van der Waals surface area (Å²) in [6, 6.07) is 4.64. The fraction of sp³-hybridized carbons (Fsp3) is 0.500. The van der Waals surface area contributed by atoms with E-state index in [0.29, 0.717) is 23.2 Å². The van der Waals surface area contributed by atoms with Crippen LogP contribution in [0.2, 0.25) is 0 Å². The van der Waals surface area contributed by atoms with Gasteiger partial charge in [-0.05, 0) is 31.5 Å². The summed E-state index contributed by atoms with van der Waals surface area (Å²) in [5, 5.41) is 0. The third kappa shape index (κ3) is 4.76. The second-order valence-corrected chi connectivity index (χ2v) is 6.70. The predicted octanol–water partition coefficient (Wildman–Crippen LogP) is 2.16. The summed E-state index contributed by atoms with van der Waals surface area (Å²) in [7, 11) is -0.593. The highest BCUT2D eigenvalue weighted by atomic mass is 79.9. The lowest BCUT2D eigenvalue weighted by Gasteiger charge is -2.15. The minimum atomic E-state index is -3.62. The Hall–Kier alpha value is -0.630. The summed E-state index contributed by atoms with van der Waals surface area (Å²) in [4.78, 5) is 0.119. The number of ether oxygens (including phenoxy) is 2. The molecule has 1 aromatic carbocycles. The number of sulfonamides is 1. The first-order valence-corrected chi connectivity index (χ1v) is 8.03. The molecule has 7 heteroatoms. The lowest BCUT2D eigenvalue weighted by atomic mass is 10.3. The Morgan fingerprint density at radius 2 is 2.05 bits per heavy atom. The zero-order valence-corrected chi connectivity index (χ0v) is 13.5. The predicted molar refractivity (Wildman–Crippen MR) is 77.0 cm³/mol. The topological polar surface area (TPSA) is 64.6 Å². The van der Waals surface area contributed by atoms with Gasteiger partial charge in [0, 0.05) is 24.2 Å². The van der Waals surface area contributed by atoms with Gasteiger partial charge in [0.15, 0.2) is 0 Å². The summed E-state index contributed by atoms with van der Waals surface area (Å²) in [5.41, 5.74) is 0. The molecule has 0 aliphatic carbocycles. The minimum Gasteiger partial charge on any atom is -0.495 e. The molecule has 0 amide bonds. The molecule has 0 fully saturated rings. The zero-order chi connectivity index (χ0) is 14.5. The van der Waals surface area contributed by atoms with Crippen molar-refractivity contribution in [3.8, 4) is 5.75 Å². The van der Waals surface area contributed by atoms with Crippen LogP contribution in [0.3, 0.4) is 0 Å². The van der Waals surface area contributed by atoms with Crippen molar-refractivity contribution >= 4 is 26.0 Å². The van der Waals surface area contributed by atoms with Gasteiger partial charge in [-0.1, -0.05) is 15.9 Å². The van der Waals surface area contributed by atoms with Crippen molar-refractivity contribution in [1.29, 1.82) is 0 Å². The Morgan fingerprint density at radius 1 is 1.37 bits per heavy atom. The third-order valence-corrected chi connectivity index (χ3v) is 4.63. The van der Waals surface area contributed by atoms with E-state index in [1.165, 1.54) is 13.2 Å². The van der Waals surface area contributed by atoms with Crippen molar-refractivity contribution in [2.75, 3.05) is 20.8 Å². The molecule has 1 rings (SSSR count). The first-order chi connectivity index (χ1) is 8.90. The van der Waals surface area contributed by atoms with Crippen LogP contribution in [-0.4, -0.2) is 35.3 Å². The van der Waals surface area contributed by atoms with E-state index >= 15 is 0 Å². The maximum absolute atomic E-state index is 12.3. The van der Waals surface area contributed by atoms with Crippen LogP contribution in [-0.2, 0) is 14.8 Å². The highest BCUT2D eigenvalue weighted by molar-refractivity contribution is 9.10. The van der Waals surface area contributed by atoms with E-state index < -0.39 is 10.0 Å². The fourth-order valence-corrected chi connectivity index (χ4v) is 3.53. The number of rotatable bonds is 7. The van der Waals surface area contributed by atoms with Crippen LogP contribution in [0.15, 0.2) is 27.6 Å². The molecular formula is C12H18BrNO4S. The molecule has 1 unspecified atom stereocenters. The largest absolute Gasteiger partial charge is 0.495 e. The van der Waals surface area contributed by atoms with E-state index in [0.717, 1.165) is 0 Å². The van der Waals surface area contributed by atoms with Gasteiger partial charge in [-0.25, -0.2) is 13.1 Å².